The predicted octanol–water partition coefficient (Wildman–Crippen LogP) is 2.36. The largest absolute Gasteiger partial charge is 0.508 e. The Labute approximate surface area is 100 Å². The van der Waals surface area contributed by atoms with Crippen molar-refractivity contribution in [3.63, 3.8) is 0 Å². The van der Waals surface area contributed by atoms with Gasteiger partial charge in [0.05, 0.1) is 11.8 Å². The third-order valence-corrected chi connectivity index (χ3v) is 3.62. The van der Waals surface area contributed by atoms with Crippen LogP contribution in [-0.4, -0.2) is 15.1 Å². The lowest BCUT2D eigenvalue weighted by molar-refractivity contribution is 0.475. The summed E-state index contributed by atoms with van der Waals surface area (Å²) in [5.74, 6) is 0.210. The molecule has 2 N–H and O–H groups in total. The summed E-state index contributed by atoms with van der Waals surface area (Å²) in [6, 6.07) is 8.79. The van der Waals surface area contributed by atoms with Crippen molar-refractivity contribution in [3.8, 4) is 16.2 Å². The molecule has 0 saturated heterocycles. The molecule has 0 aliphatic rings. The number of hydrogen-bond donors (Lipinski definition) is 2. The molecule has 0 aliphatic heterocycles. The molecule has 0 saturated carbocycles. The molecular weight excluding hydrogens is 236 g/mol. The van der Waals surface area contributed by atoms with Crippen LogP contribution in [-0.2, 0) is 0 Å². The first-order chi connectivity index (χ1) is 8.24. The predicted molar refractivity (Wildman–Crippen MR) is 67.3 cm³/mol. The number of nitrogens with one attached hydrogen (secondary N) is 1. The van der Waals surface area contributed by atoms with Gasteiger partial charge >= 0.3 is 0 Å². The van der Waals surface area contributed by atoms with Crippen LogP contribution >= 0.6 is 11.3 Å². The van der Waals surface area contributed by atoms with Crippen molar-refractivity contribution >= 4 is 21.6 Å². The first kappa shape index (κ1) is 10.0. The Morgan fingerprint density at radius 2 is 2.18 bits per heavy atom. The van der Waals surface area contributed by atoms with E-state index in [9.17, 15) is 9.90 Å². The molecule has 2 heterocycles. The summed E-state index contributed by atoms with van der Waals surface area (Å²) >= 11 is 1.37. The van der Waals surface area contributed by atoms with Crippen molar-refractivity contribution in [2.45, 2.75) is 0 Å². The minimum absolute atomic E-state index is 0.133. The lowest BCUT2D eigenvalue weighted by atomic mass is 10.2. The van der Waals surface area contributed by atoms with Gasteiger partial charge in [-0.25, -0.2) is 4.98 Å². The molecule has 0 unspecified atom stereocenters. The first-order valence-electron chi connectivity index (χ1n) is 5.01. The van der Waals surface area contributed by atoms with Crippen molar-refractivity contribution < 1.29 is 5.11 Å². The van der Waals surface area contributed by atoms with Crippen molar-refractivity contribution in [1.29, 1.82) is 0 Å². The summed E-state index contributed by atoms with van der Waals surface area (Å²) in [6.07, 6.45) is 1.39. The molecule has 3 rings (SSSR count). The topological polar surface area (TPSA) is 66.0 Å². The van der Waals surface area contributed by atoms with Crippen LogP contribution < -0.4 is 5.56 Å². The summed E-state index contributed by atoms with van der Waals surface area (Å²) in [4.78, 5) is 19.1. The molecule has 0 bridgehead atoms. The quantitative estimate of drug-likeness (QED) is 0.690. The number of rotatable bonds is 1. The maximum atomic E-state index is 11.6. The molecule has 0 atom stereocenters. The average Bonchev–Trinajstić information content (AvgIpc) is 2.74. The van der Waals surface area contributed by atoms with Crippen LogP contribution in [0.25, 0.3) is 20.7 Å². The number of aromatic hydroxyl groups is 1. The normalized spacial score (nSPS) is 10.8. The van der Waals surface area contributed by atoms with Crippen LogP contribution in [0.4, 0.5) is 0 Å². The summed E-state index contributed by atoms with van der Waals surface area (Å²) in [7, 11) is 0. The van der Waals surface area contributed by atoms with Gasteiger partial charge in [0.2, 0.25) is 0 Å². The minimum atomic E-state index is -0.133. The molecule has 5 heteroatoms. The van der Waals surface area contributed by atoms with Gasteiger partial charge in [-0.1, -0.05) is 12.1 Å². The van der Waals surface area contributed by atoms with Crippen LogP contribution in [0.2, 0.25) is 0 Å². The molecule has 0 fully saturated rings. The molecule has 84 valence electrons. The monoisotopic (exact) mass is 244 g/mol. The van der Waals surface area contributed by atoms with E-state index in [2.05, 4.69) is 9.97 Å². The van der Waals surface area contributed by atoms with Crippen molar-refractivity contribution in [2.75, 3.05) is 0 Å². The molecule has 1 aromatic carbocycles. The second-order valence-electron chi connectivity index (χ2n) is 3.61. The molecule has 0 aliphatic carbocycles. The third kappa shape index (κ3) is 1.70. The number of phenolic OH excluding ortho intramolecular Hbond substituents is 1. The maximum absolute atomic E-state index is 11.6. The highest BCUT2D eigenvalue weighted by Gasteiger charge is 2.07. The van der Waals surface area contributed by atoms with Gasteiger partial charge in [-0.15, -0.1) is 11.3 Å². The van der Waals surface area contributed by atoms with Crippen molar-refractivity contribution in [1.82, 2.24) is 9.97 Å². The van der Waals surface area contributed by atoms with Gasteiger partial charge in [0.25, 0.3) is 5.56 Å². The van der Waals surface area contributed by atoms with Crippen molar-refractivity contribution in [2.24, 2.45) is 0 Å². The fraction of sp³-hybridized carbons (Fsp3) is 0. The molecule has 3 aromatic rings. The standard InChI is InChI=1S/C12H8N2O2S/c15-8-3-1-2-7(4-8)10-5-9-11(17-10)12(16)14-6-13-9/h1-6,15H,(H,13,14,16). The highest BCUT2D eigenvalue weighted by Crippen LogP contribution is 2.31. The molecule has 2 aromatic heterocycles. The second kappa shape index (κ2) is 3.71. The van der Waals surface area contributed by atoms with Crippen LogP contribution in [0, 0.1) is 0 Å². The second-order valence-corrected chi connectivity index (χ2v) is 4.66. The number of hydrogen-bond acceptors (Lipinski definition) is 4. The highest BCUT2D eigenvalue weighted by molar-refractivity contribution is 7.22. The Morgan fingerprint density at radius 3 is 2.94 bits per heavy atom. The van der Waals surface area contributed by atoms with E-state index in [1.807, 2.05) is 12.1 Å². The number of aromatic nitrogens is 2. The zero-order valence-electron chi connectivity index (χ0n) is 8.68. The van der Waals surface area contributed by atoms with E-state index < -0.39 is 0 Å². The minimum Gasteiger partial charge on any atom is -0.508 e. The fourth-order valence-electron chi connectivity index (χ4n) is 1.67. The lowest BCUT2D eigenvalue weighted by Crippen LogP contribution is -2.02. The number of H-pyrrole nitrogens is 1. The van der Waals surface area contributed by atoms with E-state index in [4.69, 9.17) is 0 Å². The number of phenols is 1. The Kier molecular flexibility index (Phi) is 2.19. The zero-order valence-corrected chi connectivity index (χ0v) is 9.49. The molecule has 0 amide bonds. The van der Waals surface area contributed by atoms with Gasteiger partial charge < -0.3 is 10.1 Å². The fourth-order valence-corrected chi connectivity index (χ4v) is 2.67. The third-order valence-electron chi connectivity index (χ3n) is 2.45. The van der Waals surface area contributed by atoms with Gasteiger partial charge in [-0.05, 0) is 23.8 Å². The van der Waals surface area contributed by atoms with Crippen LogP contribution in [0.3, 0.4) is 0 Å². The number of thiophene rings is 1. The van der Waals surface area contributed by atoms with E-state index >= 15 is 0 Å². The number of benzene rings is 1. The Hall–Kier alpha value is -2.14. The summed E-state index contributed by atoms with van der Waals surface area (Å²) in [6.45, 7) is 0. The summed E-state index contributed by atoms with van der Waals surface area (Å²) in [5, 5.41) is 9.42. The molecule has 0 spiro atoms. The molecular formula is C12H8N2O2S. The number of aromatic amines is 1. The Morgan fingerprint density at radius 1 is 1.29 bits per heavy atom. The van der Waals surface area contributed by atoms with Crippen LogP contribution in [0.1, 0.15) is 0 Å². The molecule has 0 radical (unpaired) electrons. The van der Waals surface area contributed by atoms with Gasteiger partial charge in [0.15, 0.2) is 0 Å². The van der Waals surface area contributed by atoms with Crippen LogP contribution in [0.15, 0.2) is 41.5 Å². The first-order valence-corrected chi connectivity index (χ1v) is 5.82. The van der Waals surface area contributed by atoms with Crippen LogP contribution in [0.5, 0.6) is 5.75 Å². The van der Waals surface area contributed by atoms with E-state index in [0.717, 1.165) is 10.4 Å². The highest BCUT2D eigenvalue weighted by atomic mass is 32.1. The van der Waals surface area contributed by atoms with E-state index in [0.29, 0.717) is 10.2 Å². The summed E-state index contributed by atoms with van der Waals surface area (Å²) in [5.41, 5.74) is 1.43. The SMILES string of the molecule is O=c1[nH]cnc2cc(-c3cccc(O)c3)sc12. The van der Waals surface area contributed by atoms with Gasteiger partial charge in [0, 0.05) is 4.88 Å². The van der Waals surface area contributed by atoms with E-state index in [1.165, 1.54) is 17.7 Å². The van der Waals surface area contributed by atoms with Gasteiger partial charge in [0.1, 0.15) is 10.4 Å². The maximum Gasteiger partial charge on any atom is 0.268 e. The lowest BCUT2D eigenvalue weighted by Gasteiger charge is -1.96. The number of nitrogens with zero attached hydrogens (tertiary/aromatic N) is 1. The molecule has 4 nitrogen and oxygen atoms in total. The van der Waals surface area contributed by atoms with Crippen molar-refractivity contribution in [3.05, 3.63) is 47.0 Å². The van der Waals surface area contributed by atoms with Gasteiger partial charge in [-0.3, -0.25) is 4.79 Å². The van der Waals surface area contributed by atoms with E-state index in [1.54, 1.807) is 18.2 Å². The molecule has 17 heavy (non-hydrogen) atoms. The van der Waals surface area contributed by atoms with Gasteiger partial charge in [-0.2, -0.15) is 0 Å². The Bertz CT molecular complexity index is 745. The average molecular weight is 244 g/mol. The summed E-state index contributed by atoms with van der Waals surface area (Å²) < 4.78 is 0.603. The zero-order chi connectivity index (χ0) is 11.8. The number of fused-ring (bicyclic) bond motifs is 1. The Balaban J connectivity index is 2.25. The smallest absolute Gasteiger partial charge is 0.268 e. The van der Waals surface area contributed by atoms with E-state index in [-0.39, 0.29) is 11.3 Å².